The number of halogens is 1. The van der Waals surface area contributed by atoms with Crippen molar-refractivity contribution in [3.63, 3.8) is 0 Å². The first kappa shape index (κ1) is 15.0. The largest absolute Gasteiger partial charge is 0.284 e. The summed E-state index contributed by atoms with van der Waals surface area (Å²) < 4.78 is 15.3. The molecule has 0 amide bonds. The summed E-state index contributed by atoms with van der Waals surface area (Å²) in [6, 6.07) is 16.2. The quantitative estimate of drug-likeness (QED) is 0.508. The molecule has 0 N–H and O–H groups in total. The second-order valence-corrected chi connectivity index (χ2v) is 6.78. The van der Waals surface area contributed by atoms with Crippen LogP contribution >= 0.6 is 22.7 Å². The molecule has 24 heavy (non-hydrogen) atoms. The molecule has 6 heteroatoms. The molecule has 0 saturated carbocycles. The Morgan fingerprint density at radius 2 is 1.83 bits per heavy atom. The smallest absolute Gasteiger partial charge is 0.196 e. The maximum absolute atomic E-state index is 13.3. The van der Waals surface area contributed by atoms with Crippen LogP contribution in [0.5, 0.6) is 0 Å². The Morgan fingerprint density at radius 3 is 2.54 bits per heavy atom. The standard InChI is InChI=1S/C18H12FN3S2/c19-13-6-8-14(9-7-13)22-15(16-4-3-11-23-16)12-24-18(22)21-17-5-1-2-10-20-17/h1-12H/b21-18-. The average Bonchev–Trinajstić information content (AvgIpc) is 3.26. The fourth-order valence-corrected chi connectivity index (χ4v) is 4.05. The van der Waals surface area contributed by atoms with Crippen molar-refractivity contribution in [2.75, 3.05) is 0 Å². The molecule has 4 rings (SSSR count). The molecule has 0 fully saturated rings. The molecular formula is C18H12FN3S2. The number of aromatic nitrogens is 2. The van der Waals surface area contributed by atoms with Crippen molar-refractivity contribution in [1.82, 2.24) is 9.55 Å². The highest BCUT2D eigenvalue weighted by atomic mass is 32.1. The molecule has 3 nitrogen and oxygen atoms in total. The number of benzene rings is 1. The van der Waals surface area contributed by atoms with Crippen molar-refractivity contribution in [3.8, 4) is 16.3 Å². The summed E-state index contributed by atoms with van der Waals surface area (Å²) in [5, 5.41) is 4.11. The zero-order valence-corrected chi connectivity index (χ0v) is 14.1. The van der Waals surface area contributed by atoms with Crippen LogP contribution in [0.4, 0.5) is 10.2 Å². The molecule has 0 atom stereocenters. The zero-order chi connectivity index (χ0) is 16.4. The molecule has 1 aromatic carbocycles. The summed E-state index contributed by atoms with van der Waals surface area (Å²) in [6.45, 7) is 0. The molecule has 0 bridgehead atoms. The first-order valence-electron chi connectivity index (χ1n) is 7.27. The number of pyridine rings is 1. The number of rotatable bonds is 3. The lowest BCUT2D eigenvalue weighted by molar-refractivity contribution is 0.627. The van der Waals surface area contributed by atoms with Crippen LogP contribution in [0.1, 0.15) is 0 Å². The average molecular weight is 353 g/mol. The fourth-order valence-electron chi connectivity index (χ4n) is 2.34. The summed E-state index contributed by atoms with van der Waals surface area (Å²) >= 11 is 3.20. The lowest BCUT2D eigenvalue weighted by atomic mass is 10.3. The van der Waals surface area contributed by atoms with Gasteiger partial charge in [-0.2, -0.15) is 0 Å². The monoisotopic (exact) mass is 353 g/mol. The number of thiophene rings is 1. The topological polar surface area (TPSA) is 30.2 Å². The van der Waals surface area contributed by atoms with E-state index in [1.54, 1.807) is 29.7 Å². The SMILES string of the molecule is Fc1ccc(-n2c(-c3cccs3)cs/c2=N\c2ccccn2)cc1. The zero-order valence-electron chi connectivity index (χ0n) is 12.5. The Hall–Kier alpha value is -2.57. The second kappa shape index (κ2) is 6.51. The summed E-state index contributed by atoms with van der Waals surface area (Å²) in [5.41, 5.74) is 1.91. The fraction of sp³-hybridized carbons (Fsp3) is 0. The molecule has 0 unspecified atom stereocenters. The predicted octanol–water partition coefficient (Wildman–Crippen LogP) is 5.03. The lowest BCUT2D eigenvalue weighted by Gasteiger charge is -2.07. The van der Waals surface area contributed by atoms with E-state index in [-0.39, 0.29) is 5.82 Å². The van der Waals surface area contributed by atoms with Crippen LogP contribution in [0.25, 0.3) is 16.3 Å². The van der Waals surface area contributed by atoms with E-state index in [0.717, 1.165) is 21.1 Å². The van der Waals surface area contributed by atoms with Gasteiger partial charge in [-0.15, -0.1) is 22.7 Å². The molecule has 3 heterocycles. The molecule has 0 aliphatic heterocycles. The maximum atomic E-state index is 13.3. The number of nitrogens with zero attached hydrogens (tertiary/aromatic N) is 3. The third-order valence-corrected chi connectivity index (χ3v) is 5.14. The third-order valence-electron chi connectivity index (χ3n) is 3.43. The first-order valence-corrected chi connectivity index (χ1v) is 9.03. The Kier molecular flexibility index (Phi) is 4.06. The van der Waals surface area contributed by atoms with Crippen LogP contribution in [0.2, 0.25) is 0 Å². The van der Waals surface area contributed by atoms with Gasteiger partial charge in [-0.1, -0.05) is 12.1 Å². The van der Waals surface area contributed by atoms with E-state index < -0.39 is 0 Å². The minimum atomic E-state index is -0.254. The normalized spacial score (nSPS) is 11.8. The Bertz CT molecular complexity index is 1000. The number of hydrogen-bond donors (Lipinski definition) is 0. The van der Waals surface area contributed by atoms with Crippen molar-refractivity contribution in [2.24, 2.45) is 4.99 Å². The minimum absolute atomic E-state index is 0.254. The van der Waals surface area contributed by atoms with Crippen molar-refractivity contribution >= 4 is 28.5 Å². The summed E-state index contributed by atoms with van der Waals surface area (Å²) in [7, 11) is 0. The first-order chi connectivity index (χ1) is 11.8. The van der Waals surface area contributed by atoms with Gasteiger partial charge in [0.15, 0.2) is 10.6 Å². The van der Waals surface area contributed by atoms with Crippen molar-refractivity contribution < 1.29 is 4.39 Å². The lowest BCUT2D eigenvalue weighted by Crippen LogP contribution is -2.13. The Morgan fingerprint density at radius 1 is 0.958 bits per heavy atom. The summed E-state index contributed by atoms with van der Waals surface area (Å²) in [4.78, 5) is 10.8. The van der Waals surface area contributed by atoms with Crippen LogP contribution in [0.3, 0.4) is 0 Å². The molecule has 0 spiro atoms. The van der Waals surface area contributed by atoms with Crippen LogP contribution < -0.4 is 4.80 Å². The van der Waals surface area contributed by atoms with Gasteiger partial charge in [0.2, 0.25) is 0 Å². The highest BCUT2D eigenvalue weighted by molar-refractivity contribution is 7.14. The van der Waals surface area contributed by atoms with Crippen LogP contribution in [0, 0.1) is 5.82 Å². The predicted molar refractivity (Wildman–Crippen MR) is 96.4 cm³/mol. The summed E-state index contributed by atoms with van der Waals surface area (Å²) in [6.07, 6.45) is 1.72. The van der Waals surface area contributed by atoms with Crippen molar-refractivity contribution in [2.45, 2.75) is 0 Å². The molecule has 0 saturated heterocycles. The van der Waals surface area contributed by atoms with Crippen molar-refractivity contribution in [1.29, 1.82) is 0 Å². The molecule has 4 aromatic rings. The van der Waals surface area contributed by atoms with E-state index in [9.17, 15) is 4.39 Å². The van der Waals surface area contributed by atoms with E-state index in [1.165, 1.54) is 23.5 Å². The molecule has 0 aliphatic carbocycles. The van der Waals surface area contributed by atoms with Gasteiger partial charge in [0.05, 0.1) is 10.6 Å². The molecule has 0 radical (unpaired) electrons. The molecular weight excluding hydrogens is 341 g/mol. The number of hydrogen-bond acceptors (Lipinski definition) is 4. The van der Waals surface area contributed by atoms with Gasteiger partial charge in [-0.05, 0) is 47.8 Å². The number of thiazole rings is 1. The van der Waals surface area contributed by atoms with Gasteiger partial charge >= 0.3 is 0 Å². The van der Waals surface area contributed by atoms with E-state index in [0.29, 0.717) is 5.82 Å². The second-order valence-electron chi connectivity index (χ2n) is 4.99. The van der Waals surface area contributed by atoms with Gasteiger partial charge < -0.3 is 0 Å². The Labute approximate surface area is 146 Å². The van der Waals surface area contributed by atoms with Gasteiger partial charge in [-0.3, -0.25) is 4.57 Å². The van der Waals surface area contributed by atoms with Crippen LogP contribution in [-0.4, -0.2) is 9.55 Å². The maximum Gasteiger partial charge on any atom is 0.196 e. The molecule has 3 aromatic heterocycles. The summed E-state index contributed by atoms with van der Waals surface area (Å²) in [5.74, 6) is 0.392. The van der Waals surface area contributed by atoms with Crippen molar-refractivity contribution in [3.05, 3.63) is 82.2 Å². The van der Waals surface area contributed by atoms with E-state index >= 15 is 0 Å². The van der Waals surface area contributed by atoms with Gasteiger partial charge in [0, 0.05) is 17.3 Å². The van der Waals surface area contributed by atoms with Crippen LogP contribution in [-0.2, 0) is 0 Å². The highest BCUT2D eigenvalue weighted by Gasteiger charge is 2.11. The van der Waals surface area contributed by atoms with Crippen LogP contribution in [0.15, 0.2) is 76.5 Å². The van der Waals surface area contributed by atoms with E-state index in [1.807, 2.05) is 34.2 Å². The third kappa shape index (κ3) is 2.93. The van der Waals surface area contributed by atoms with Gasteiger partial charge in [0.1, 0.15) is 5.82 Å². The van der Waals surface area contributed by atoms with E-state index in [2.05, 4.69) is 21.4 Å². The van der Waals surface area contributed by atoms with Gasteiger partial charge in [-0.25, -0.2) is 14.4 Å². The van der Waals surface area contributed by atoms with E-state index in [4.69, 9.17) is 0 Å². The minimum Gasteiger partial charge on any atom is -0.284 e. The Balaban J connectivity index is 1.95. The van der Waals surface area contributed by atoms with Gasteiger partial charge in [0.25, 0.3) is 0 Å². The molecule has 118 valence electrons. The molecule has 0 aliphatic rings. The highest BCUT2D eigenvalue weighted by Crippen LogP contribution is 2.27.